The lowest BCUT2D eigenvalue weighted by Crippen LogP contribution is -2.27. The van der Waals surface area contributed by atoms with Crippen LogP contribution in [-0.4, -0.2) is 25.7 Å². The van der Waals surface area contributed by atoms with Crippen LogP contribution in [0.4, 0.5) is 4.39 Å². The Kier molecular flexibility index (Phi) is 4.27. The number of sulfone groups is 1. The number of carbonyl (C=O) groups is 1. The maximum atomic E-state index is 12.9. The number of halogens is 2. The number of Topliss-reactive ketones (excluding diaryl/α,β-unsaturated/α-hetero) is 1. The van der Waals surface area contributed by atoms with Crippen LogP contribution in [0.15, 0.2) is 18.2 Å². The van der Waals surface area contributed by atoms with Crippen molar-refractivity contribution in [3.05, 3.63) is 34.6 Å². The SMILES string of the molecule is CC(C(=O)Cc1ccc(F)c(Cl)c1)S(C)(=O)=O. The quantitative estimate of drug-likeness (QED) is 0.847. The molecule has 0 radical (unpaired) electrons. The van der Waals surface area contributed by atoms with Crippen molar-refractivity contribution in [2.75, 3.05) is 6.26 Å². The van der Waals surface area contributed by atoms with Crippen LogP contribution in [0.1, 0.15) is 12.5 Å². The fraction of sp³-hybridized carbons (Fsp3) is 0.364. The molecule has 0 heterocycles. The predicted molar refractivity (Wildman–Crippen MR) is 64.4 cm³/mol. The summed E-state index contributed by atoms with van der Waals surface area (Å²) in [6.45, 7) is 1.34. The number of benzene rings is 1. The summed E-state index contributed by atoms with van der Waals surface area (Å²) in [5.41, 5.74) is 0.497. The van der Waals surface area contributed by atoms with Crippen molar-refractivity contribution in [2.24, 2.45) is 0 Å². The van der Waals surface area contributed by atoms with Gasteiger partial charge in [-0.3, -0.25) is 4.79 Å². The highest BCUT2D eigenvalue weighted by Gasteiger charge is 2.23. The van der Waals surface area contributed by atoms with E-state index in [0.29, 0.717) is 5.56 Å². The molecule has 6 heteroatoms. The van der Waals surface area contributed by atoms with Crippen molar-refractivity contribution in [1.82, 2.24) is 0 Å². The summed E-state index contributed by atoms with van der Waals surface area (Å²) in [5.74, 6) is -1.01. The lowest BCUT2D eigenvalue weighted by Gasteiger charge is -2.08. The highest BCUT2D eigenvalue weighted by atomic mass is 35.5. The van der Waals surface area contributed by atoms with Crippen LogP contribution in [0, 0.1) is 5.82 Å². The van der Waals surface area contributed by atoms with Gasteiger partial charge in [0.25, 0.3) is 0 Å². The lowest BCUT2D eigenvalue weighted by molar-refractivity contribution is -0.117. The zero-order valence-electron chi connectivity index (χ0n) is 9.41. The first-order chi connectivity index (χ1) is 7.71. The van der Waals surface area contributed by atoms with Gasteiger partial charge in [-0.25, -0.2) is 12.8 Å². The predicted octanol–water partition coefficient (Wildman–Crippen LogP) is 2.02. The molecule has 17 heavy (non-hydrogen) atoms. The molecule has 0 aliphatic heterocycles. The molecule has 0 aliphatic carbocycles. The largest absolute Gasteiger partial charge is 0.298 e. The fourth-order valence-corrected chi connectivity index (χ4v) is 2.00. The first kappa shape index (κ1) is 14.1. The maximum absolute atomic E-state index is 12.9. The molecule has 1 aromatic carbocycles. The van der Waals surface area contributed by atoms with Gasteiger partial charge in [0.1, 0.15) is 11.1 Å². The van der Waals surface area contributed by atoms with Crippen LogP contribution >= 0.6 is 11.6 Å². The Bertz CT molecular complexity index is 540. The van der Waals surface area contributed by atoms with Crippen molar-refractivity contribution < 1.29 is 17.6 Å². The van der Waals surface area contributed by atoms with Gasteiger partial charge in [-0.05, 0) is 24.6 Å². The van der Waals surface area contributed by atoms with Gasteiger partial charge in [0.2, 0.25) is 0 Å². The zero-order valence-corrected chi connectivity index (χ0v) is 11.0. The van der Waals surface area contributed by atoms with E-state index in [-0.39, 0.29) is 11.4 Å². The molecule has 0 amide bonds. The molecule has 3 nitrogen and oxygen atoms in total. The molecule has 0 spiro atoms. The Hall–Kier alpha value is -0.940. The van der Waals surface area contributed by atoms with E-state index in [9.17, 15) is 17.6 Å². The number of ketones is 1. The van der Waals surface area contributed by atoms with Gasteiger partial charge < -0.3 is 0 Å². The first-order valence-electron chi connectivity index (χ1n) is 4.87. The summed E-state index contributed by atoms with van der Waals surface area (Å²) >= 11 is 5.56. The molecule has 0 aromatic heterocycles. The monoisotopic (exact) mass is 278 g/mol. The third-order valence-corrected chi connectivity index (χ3v) is 4.30. The molecule has 1 unspecified atom stereocenters. The molecule has 0 fully saturated rings. The van der Waals surface area contributed by atoms with Gasteiger partial charge in [-0.1, -0.05) is 17.7 Å². The highest BCUT2D eigenvalue weighted by Crippen LogP contribution is 2.17. The van der Waals surface area contributed by atoms with Crippen molar-refractivity contribution in [2.45, 2.75) is 18.6 Å². The topological polar surface area (TPSA) is 51.2 Å². The second-order valence-corrected chi connectivity index (χ2v) is 6.64. The van der Waals surface area contributed by atoms with E-state index in [4.69, 9.17) is 11.6 Å². The van der Waals surface area contributed by atoms with E-state index in [0.717, 1.165) is 12.3 Å². The second-order valence-electron chi connectivity index (χ2n) is 3.86. The van der Waals surface area contributed by atoms with Gasteiger partial charge in [-0.15, -0.1) is 0 Å². The van der Waals surface area contributed by atoms with E-state index in [1.165, 1.54) is 19.1 Å². The Balaban J connectivity index is 2.85. The minimum Gasteiger partial charge on any atom is -0.298 e. The van der Waals surface area contributed by atoms with Crippen LogP contribution in [-0.2, 0) is 21.1 Å². The van der Waals surface area contributed by atoms with E-state index in [2.05, 4.69) is 0 Å². The number of hydrogen-bond acceptors (Lipinski definition) is 3. The van der Waals surface area contributed by atoms with Crippen LogP contribution in [0.25, 0.3) is 0 Å². The smallest absolute Gasteiger partial charge is 0.157 e. The molecule has 1 atom stereocenters. The van der Waals surface area contributed by atoms with E-state index >= 15 is 0 Å². The average molecular weight is 279 g/mol. The molecule has 0 bridgehead atoms. The summed E-state index contributed by atoms with van der Waals surface area (Å²) in [7, 11) is -3.40. The lowest BCUT2D eigenvalue weighted by atomic mass is 10.1. The van der Waals surface area contributed by atoms with Gasteiger partial charge in [-0.2, -0.15) is 0 Å². The minimum atomic E-state index is -3.40. The van der Waals surface area contributed by atoms with Crippen LogP contribution in [0.2, 0.25) is 5.02 Å². The van der Waals surface area contributed by atoms with E-state index in [1.54, 1.807) is 0 Å². The number of rotatable bonds is 4. The van der Waals surface area contributed by atoms with Crippen LogP contribution in [0.3, 0.4) is 0 Å². The molecule has 0 saturated carbocycles. The van der Waals surface area contributed by atoms with Gasteiger partial charge in [0.15, 0.2) is 15.6 Å². The Morgan fingerprint density at radius 2 is 2.06 bits per heavy atom. The zero-order chi connectivity index (χ0) is 13.2. The minimum absolute atomic E-state index is 0.0752. The summed E-state index contributed by atoms with van der Waals surface area (Å²) in [5, 5.41) is -1.14. The van der Waals surface area contributed by atoms with Gasteiger partial charge >= 0.3 is 0 Å². The molecule has 0 N–H and O–H groups in total. The summed E-state index contributed by atoms with van der Waals surface area (Å²) < 4.78 is 35.2. The van der Waals surface area contributed by atoms with Crippen LogP contribution in [0.5, 0.6) is 0 Å². The van der Waals surface area contributed by atoms with Crippen LogP contribution < -0.4 is 0 Å². The van der Waals surface area contributed by atoms with E-state index in [1.807, 2.05) is 0 Å². The molecule has 0 aliphatic rings. The van der Waals surface area contributed by atoms with Crippen molar-refractivity contribution in [1.29, 1.82) is 0 Å². The first-order valence-corrected chi connectivity index (χ1v) is 7.20. The van der Waals surface area contributed by atoms with Crippen molar-refractivity contribution in [3.8, 4) is 0 Å². The summed E-state index contributed by atoms with van der Waals surface area (Å²) in [6, 6.07) is 3.88. The fourth-order valence-electron chi connectivity index (χ4n) is 1.23. The van der Waals surface area contributed by atoms with E-state index < -0.39 is 26.7 Å². The Morgan fingerprint density at radius 3 is 2.53 bits per heavy atom. The maximum Gasteiger partial charge on any atom is 0.157 e. The standard InChI is InChI=1S/C11H12ClFO3S/c1-7(17(2,15)16)11(14)6-8-3-4-10(13)9(12)5-8/h3-5,7H,6H2,1-2H3. The van der Waals surface area contributed by atoms with Gasteiger partial charge in [0.05, 0.1) is 5.02 Å². The Labute approximate surface area is 105 Å². The molecular formula is C11H12ClFO3S. The number of hydrogen-bond donors (Lipinski definition) is 0. The average Bonchev–Trinajstić information content (AvgIpc) is 2.21. The highest BCUT2D eigenvalue weighted by molar-refractivity contribution is 7.92. The summed E-state index contributed by atoms with van der Waals surface area (Å²) in [4.78, 5) is 11.6. The molecular weight excluding hydrogens is 267 g/mol. The molecule has 94 valence electrons. The third kappa shape index (κ3) is 3.78. The number of carbonyl (C=O) groups excluding carboxylic acids is 1. The third-order valence-electron chi connectivity index (χ3n) is 2.46. The normalized spacial score (nSPS) is 13.4. The molecule has 0 saturated heterocycles. The van der Waals surface area contributed by atoms with Crippen molar-refractivity contribution in [3.63, 3.8) is 0 Å². The Morgan fingerprint density at radius 1 is 1.47 bits per heavy atom. The summed E-state index contributed by atoms with van der Waals surface area (Å²) in [6.07, 6.45) is 0.932. The molecule has 1 rings (SSSR count). The second kappa shape index (κ2) is 5.14. The van der Waals surface area contributed by atoms with Gasteiger partial charge in [0, 0.05) is 12.7 Å². The molecule has 1 aromatic rings. The van der Waals surface area contributed by atoms with Crippen molar-refractivity contribution >= 4 is 27.2 Å².